The van der Waals surface area contributed by atoms with E-state index < -0.39 is 0 Å². The van der Waals surface area contributed by atoms with Crippen LogP contribution in [0.3, 0.4) is 0 Å². The van der Waals surface area contributed by atoms with Gasteiger partial charge in [-0.3, -0.25) is 4.98 Å². The molecule has 0 atom stereocenters. The van der Waals surface area contributed by atoms with Crippen LogP contribution in [0, 0.1) is 0 Å². The molecule has 21 heavy (non-hydrogen) atoms. The predicted molar refractivity (Wildman–Crippen MR) is 88.5 cm³/mol. The Hall–Kier alpha value is -1.23. The highest BCUT2D eigenvalue weighted by Crippen LogP contribution is 2.18. The summed E-state index contributed by atoms with van der Waals surface area (Å²) < 4.78 is 5.73. The lowest BCUT2D eigenvalue weighted by Gasteiger charge is -2.19. The monoisotopic (exact) mass is 304 g/mol. The first-order valence-corrected chi connectivity index (χ1v) is 8.15. The first kappa shape index (κ1) is 16.1. The Morgan fingerprint density at radius 3 is 2.67 bits per heavy atom. The first-order valence-electron chi connectivity index (χ1n) is 7.33. The number of pyridine rings is 1. The van der Waals surface area contributed by atoms with E-state index in [1.165, 1.54) is 9.75 Å². The highest BCUT2D eigenvalue weighted by atomic mass is 32.1. The molecule has 0 saturated carbocycles. The maximum atomic E-state index is 5.73. The second kappa shape index (κ2) is 7.69. The van der Waals surface area contributed by atoms with Crippen molar-refractivity contribution in [2.24, 2.45) is 0 Å². The lowest BCUT2D eigenvalue weighted by Crippen LogP contribution is -2.34. The second-order valence-electron chi connectivity index (χ2n) is 6.10. The van der Waals surface area contributed by atoms with Gasteiger partial charge in [-0.1, -0.05) is 6.07 Å². The summed E-state index contributed by atoms with van der Waals surface area (Å²) in [6, 6.07) is 10.3. The second-order valence-corrected chi connectivity index (χ2v) is 7.35. The molecular formula is C17H24N2OS. The third-order valence-corrected chi connectivity index (χ3v) is 4.04. The van der Waals surface area contributed by atoms with Crippen molar-refractivity contribution < 1.29 is 4.74 Å². The third kappa shape index (κ3) is 6.38. The van der Waals surface area contributed by atoms with E-state index in [2.05, 4.69) is 43.2 Å². The van der Waals surface area contributed by atoms with Crippen molar-refractivity contribution in [2.75, 3.05) is 6.61 Å². The molecule has 114 valence electrons. The van der Waals surface area contributed by atoms with Crippen LogP contribution in [0.25, 0.3) is 0 Å². The molecule has 3 nitrogen and oxygen atoms in total. The van der Waals surface area contributed by atoms with Gasteiger partial charge in [0.1, 0.15) is 0 Å². The van der Waals surface area contributed by atoms with Crippen molar-refractivity contribution >= 4 is 11.3 Å². The maximum absolute atomic E-state index is 5.73. The summed E-state index contributed by atoms with van der Waals surface area (Å²) in [4.78, 5) is 6.92. The van der Waals surface area contributed by atoms with Gasteiger partial charge in [-0.15, -0.1) is 11.3 Å². The molecule has 2 aromatic heterocycles. The molecule has 4 heteroatoms. The Kier molecular flexibility index (Phi) is 5.91. The van der Waals surface area contributed by atoms with Crippen LogP contribution in [0.5, 0.6) is 0 Å². The van der Waals surface area contributed by atoms with E-state index >= 15 is 0 Å². The van der Waals surface area contributed by atoms with E-state index in [0.29, 0.717) is 13.2 Å². The zero-order valence-electron chi connectivity index (χ0n) is 13.1. The summed E-state index contributed by atoms with van der Waals surface area (Å²) in [5, 5.41) is 3.50. The third-order valence-electron chi connectivity index (χ3n) is 2.98. The molecule has 2 heterocycles. The van der Waals surface area contributed by atoms with Crippen LogP contribution in [0.2, 0.25) is 0 Å². The van der Waals surface area contributed by atoms with Crippen molar-refractivity contribution in [3.05, 3.63) is 52.0 Å². The molecular weight excluding hydrogens is 280 g/mol. The minimum Gasteiger partial charge on any atom is -0.376 e. The van der Waals surface area contributed by atoms with E-state index in [-0.39, 0.29) is 5.54 Å². The zero-order chi connectivity index (χ0) is 15.1. The number of ether oxygens (including phenoxy) is 1. The van der Waals surface area contributed by atoms with Gasteiger partial charge in [-0.05, 0) is 45.0 Å². The first-order chi connectivity index (χ1) is 10.0. The van der Waals surface area contributed by atoms with Gasteiger partial charge in [-0.2, -0.15) is 0 Å². The molecule has 0 bridgehead atoms. The Morgan fingerprint density at radius 1 is 1.14 bits per heavy atom. The number of thiophene rings is 1. The van der Waals surface area contributed by atoms with Gasteiger partial charge >= 0.3 is 0 Å². The molecule has 0 amide bonds. The molecule has 1 N–H and O–H groups in total. The van der Waals surface area contributed by atoms with Crippen molar-refractivity contribution in [3.63, 3.8) is 0 Å². The molecule has 0 aliphatic rings. The van der Waals surface area contributed by atoms with Crippen molar-refractivity contribution in [3.8, 4) is 0 Å². The Labute approximate surface area is 131 Å². The Bertz CT molecular complexity index is 531. The fourth-order valence-electron chi connectivity index (χ4n) is 1.84. The number of nitrogens with one attached hydrogen (secondary N) is 1. The van der Waals surface area contributed by atoms with E-state index in [1.54, 1.807) is 0 Å². The van der Waals surface area contributed by atoms with Gasteiger partial charge in [0.25, 0.3) is 0 Å². The van der Waals surface area contributed by atoms with Crippen molar-refractivity contribution in [1.82, 2.24) is 10.3 Å². The number of nitrogens with zero attached hydrogens (tertiary/aromatic N) is 1. The minimum absolute atomic E-state index is 0.156. The molecule has 0 fully saturated rings. The molecule has 0 saturated heterocycles. The molecule has 2 aromatic rings. The van der Waals surface area contributed by atoms with Crippen LogP contribution in [0.1, 0.15) is 36.2 Å². The van der Waals surface area contributed by atoms with Gasteiger partial charge < -0.3 is 10.1 Å². The van der Waals surface area contributed by atoms with Crippen molar-refractivity contribution in [2.45, 2.75) is 45.9 Å². The SMILES string of the molecule is CC(C)(C)NCc1ccc(COCCc2ccccn2)s1. The van der Waals surface area contributed by atoms with Crippen LogP contribution in [-0.4, -0.2) is 17.1 Å². The average molecular weight is 304 g/mol. The van der Waals surface area contributed by atoms with E-state index in [1.807, 2.05) is 35.7 Å². The summed E-state index contributed by atoms with van der Waals surface area (Å²) in [5.74, 6) is 0. The fourth-order valence-corrected chi connectivity index (χ4v) is 2.74. The summed E-state index contributed by atoms with van der Waals surface area (Å²) in [6.07, 6.45) is 2.69. The van der Waals surface area contributed by atoms with Gasteiger partial charge in [0, 0.05) is 40.1 Å². The Balaban J connectivity index is 1.68. The smallest absolute Gasteiger partial charge is 0.0809 e. The van der Waals surface area contributed by atoms with Crippen LogP contribution in [0.15, 0.2) is 36.5 Å². The van der Waals surface area contributed by atoms with Crippen LogP contribution in [0.4, 0.5) is 0 Å². The molecule has 0 unspecified atom stereocenters. The molecule has 2 rings (SSSR count). The lowest BCUT2D eigenvalue weighted by atomic mass is 10.1. The normalized spacial score (nSPS) is 11.8. The lowest BCUT2D eigenvalue weighted by molar-refractivity contribution is 0.125. The van der Waals surface area contributed by atoms with Gasteiger partial charge in [0.05, 0.1) is 13.2 Å². The van der Waals surface area contributed by atoms with Gasteiger partial charge in [-0.25, -0.2) is 0 Å². The predicted octanol–water partition coefficient (Wildman–Crippen LogP) is 3.79. The van der Waals surface area contributed by atoms with Crippen LogP contribution >= 0.6 is 11.3 Å². The molecule has 0 radical (unpaired) electrons. The highest BCUT2D eigenvalue weighted by Gasteiger charge is 2.09. The molecule has 0 aromatic carbocycles. The fraction of sp³-hybridized carbons (Fsp3) is 0.471. The number of aromatic nitrogens is 1. The molecule has 0 aliphatic heterocycles. The van der Waals surface area contributed by atoms with Crippen molar-refractivity contribution in [1.29, 1.82) is 0 Å². The molecule has 0 aliphatic carbocycles. The summed E-state index contributed by atoms with van der Waals surface area (Å²) >= 11 is 1.82. The number of rotatable bonds is 7. The largest absolute Gasteiger partial charge is 0.376 e. The van der Waals surface area contributed by atoms with Gasteiger partial charge in [0.15, 0.2) is 0 Å². The minimum atomic E-state index is 0.156. The highest BCUT2D eigenvalue weighted by molar-refractivity contribution is 7.11. The van der Waals surface area contributed by atoms with Gasteiger partial charge in [0.2, 0.25) is 0 Å². The quantitative estimate of drug-likeness (QED) is 0.790. The van der Waals surface area contributed by atoms with Crippen LogP contribution in [-0.2, 0) is 24.3 Å². The topological polar surface area (TPSA) is 34.1 Å². The van der Waals surface area contributed by atoms with E-state index in [0.717, 1.165) is 18.7 Å². The number of hydrogen-bond acceptors (Lipinski definition) is 4. The zero-order valence-corrected chi connectivity index (χ0v) is 13.9. The number of hydrogen-bond donors (Lipinski definition) is 1. The van der Waals surface area contributed by atoms with E-state index in [9.17, 15) is 0 Å². The summed E-state index contributed by atoms with van der Waals surface area (Å²) in [5.41, 5.74) is 1.24. The average Bonchev–Trinajstić information content (AvgIpc) is 2.90. The van der Waals surface area contributed by atoms with E-state index in [4.69, 9.17) is 4.74 Å². The summed E-state index contributed by atoms with van der Waals surface area (Å²) in [7, 11) is 0. The summed E-state index contributed by atoms with van der Waals surface area (Å²) in [6.45, 7) is 8.87. The standard InChI is InChI=1S/C17H24N2OS/c1-17(2,3)19-12-15-7-8-16(21-15)13-20-11-9-14-6-4-5-10-18-14/h4-8,10,19H,9,11-13H2,1-3H3. The van der Waals surface area contributed by atoms with Crippen LogP contribution < -0.4 is 5.32 Å². The molecule has 0 spiro atoms. The Morgan fingerprint density at radius 2 is 1.95 bits per heavy atom. The maximum Gasteiger partial charge on any atom is 0.0809 e.